The molecule has 0 heterocycles. The van der Waals surface area contributed by atoms with E-state index in [0.717, 1.165) is 5.56 Å². The molecule has 0 spiro atoms. The molecular weight excluding hydrogens is 242 g/mol. The number of amides is 2. The molecule has 0 saturated heterocycles. The van der Waals surface area contributed by atoms with E-state index in [1.54, 1.807) is 24.3 Å². The molecule has 5 nitrogen and oxygen atoms in total. The second kappa shape index (κ2) is 6.22. The highest BCUT2D eigenvalue weighted by molar-refractivity contribution is 5.86. The highest BCUT2D eigenvalue weighted by atomic mass is 16.2. The molecule has 1 aromatic carbocycles. The Bertz CT molecular complexity index is 447. The van der Waals surface area contributed by atoms with Crippen LogP contribution in [0.1, 0.15) is 26.3 Å². The first-order valence-corrected chi connectivity index (χ1v) is 6.18. The summed E-state index contributed by atoms with van der Waals surface area (Å²) in [7, 11) is 0. The lowest BCUT2D eigenvalue weighted by atomic mass is 10.1. The van der Waals surface area contributed by atoms with Crippen molar-refractivity contribution in [2.45, 2.75) is 32.7 Å². The number of nitrogens with two attached hydrogens (primary N) is 1. The molecule has 5 heteroatoms. The third kappa shape index (κ3) is 6.45. The summed E-state index contributed by atoms with van der Waals surface area (Å²) in [5, 5.41) is 5.36. The highest BCUT2D eigenvalue weighted by Gasteiger charge is 2.14. The third-order valence-corrected chi connectivity index (χ3v) is 2.30. The van der Waals surface area contributed by atoms with Crippen molar-refractivity contribution in [2.75, 3.05) is 12.3 Å². The smallest absolute Gasteiger partial charge is 0.239 e. The summed E-state index contributed by atoms with van der Waals surface area (Å²) in [6.45, 7) is 5.66. The molecule has 0 saturated carbocycles. The Kier molecular flexibility index (Phi) is 4.92. The number of benzene rings is 1. The van der Waals surface area contributed by atoms with Crippen molar-refractivity contribution in [1.82, 2.24) is 10.6 Å². The highest BCUT2D eigenvalue weighted by Crippen LogP contribution is 2.05. The fourth-order valence-electron chi connectivity index (χ4n) is 1.52. The molecule has 104 valence electrons. The molecule has 0 unspecified atom stereocenters. The Balaban J connectivity index is 2.36. The summed E-state index contributed by atoms with van der Waals surface area (Å²) in [6, 6.07) is 7.08. The van der Waals surface area contributed by atoms with Gasteiger partial charge in [-0.25, -0.2) is 0 Å². The second-order valence-electron chi connectivity index (χ2n) is 5.49. The van der Waals surface area contributed by atoms with Gasteiger partial charge in [-0.3, -0.25) is 9.59 Å². The first-order valence-electron chi connectivity index (χ1n) is 6.18. The summed E-state index contributed by atoms with van der Waals surface area (Å²) < 4.78 is 0. The van der Waals surface area contributed by atoms with Gasteiger partial charge in [-0.05, 0) is 38.5 Å². The second-order valence-corrected chi connectivity index (χ2v) is 5.49. The average Bonchev–Trinajstić information content (AvgIpc) is 2.27. The van der Waals surface area contributed by atoms with Crippen LogP contribution in [0, 0.1) is 0 Å². The number of hydrogen-bond acceptors (Lipinski definition) is 3. The van der Waals surface area contributed by atoms with E-state index in [-0.39, 0.29) is 30.3 Å². The maximum absolute atomic E-state index is 11.6. The number of nitrogens with one attached hydrogen (secondary N) is 2. The van der Waals surface area contributed by atoms with Crippen LogP contribution in [0.3, 0.4) is 0 Å². The third-order valence-electron chi connectivity index (χ3n) is 2.30. The molecule has 1 rings (SSSR count). The van der Waals surface area contributed by atoms with Crippen LogP contribution in [0.15, 0.2) is 24.3 Å². The van der Waals surface area contributed by atoms with Crippen LogP contribution in [0.25, 0.3) is 0 Å². The van der Waals surface area contributed by atoms with Gasteiger partial charge in [0.2, 0.25) is 11.8 Å². The van der Waals surface area contributed by atoms with Gasteiger partial charge in [-0.2, -0.15) is 0 Å². The quantitative estimate of drug-likeness (QED) is 0.704. The lowest BCUT2D eigenvalue weighted by Crippen LogP contribution is -2.46. The van der Waals surface area contributed by atoms with Crippen LogP contribution in [-0.2, 0) is 16.0 Å². The largest absolute Gasteiger partial charge is 0.399 e. The summed E-state index contributed by atoms with van der Waals surface area (Å²) in [6.07, 6.45) is 0.239. The summed E-state index contributed by atoms with van der Waals surface area (Å²) in [4.78, 5) is 23.2. The van der Waals surface area contributed by atoms with E-state index in [2.05, 4.69) is 10.6 Å². The van der Waals surface area contributed by atoms with Crippen LogP contribution in [0.2, 0.25) is 0 Å². The van der Waals surface area contributed by atoms with Gasteiger partial charge in [0.05, 0.1) is 13.0 Å². The number of carbonyl (C=O) groups excluding carboxylic acids is 2. The Hall–Kier alpha value is -2.04. The fraction of sp³-hybridized carbons (Fsp3) is 0.429. The molecule has 0 aliphatic carbocycles. The van der Waals surface area contributed by atoms with E-state index in [1.165, 1.54) is 0 Å². The molecule has 19 heavy (non-hydrogen) atoms. The average molecular weight is 263 g/mol. The monoisotopic (exact) mass is 263 g/mol. The van der Waals surface area contributed by atoms with Gasteiger partial charge < -0.3 is 16.4 Å². The zero-order chi connectivity index (χ0) is 14.5. The SMILES string of the molecule is CC(C)(C)NC(=O)CNC(=O)Cc1ccc(N)cc1. The van der Waals surface area contributed by atoms with E-state index >= 15 is 0 Å². The molecule has 0 radical (unpaired) electrons. The lowest BCUT2D eigenvalue weighted by Gasteiger charge is -2.20. The molecule has 0 aliphatic rings. The van der Waals surface area contributed by atoms with Crippen molar-refractivity contribution in [3.63, 3.8) is 0 Å². The van der Waals surface area contributed by atoms with Crippen molar-refractivity contribution in [2.24, 2.45) is 0 Å². The minimum atomic E-state index is -0.293. The Morgan fingerprint density at radius 3 is 2.21 bits per heavy atom. The minimum Gasteiger partial charge on any atom is -0.399 e. The van der Waals surface area contributed by atoms with Crippen LogP contribution in [-0.4, -0.2) is 23.9 Å². The van der Waals surface area contributed by atoms with E-state index < -0.39 is 0 Å². The van der Waals surface area contributed by atoms with Gasteiger partial charge in [0.1, 0.15) is 0 Å². The van der Waals surface area contributed by atoms with Crippen molar-refractivity contribution < 1.29 is 9.59 Å². The van der Waals surface area contributed by atoms with Gasteiger partial charge >= 0.3 is 0 Å². The van der Waals surface area contributed by atoms with Crippen LogP contribution in [0.4, 0.5) is 5.69 Å². The fourth-order valence-corrected chi connectivity index (χ4v) is 1.52. The number of nitrogen functional groups attached to an aromatic ring is 1. The molecule has 0 fully saturated rings. The normalized spacial score (nSPS) is 10.9. The predicted octanol–water partition coefficient (Wildman–Crippen LogP) is 0.842. The Morgan fingerprint density at radius 1 is 1.11 bits per heavy atom. The topological polar surface area (TPSA) is 84.2 Å². The van der Waals surface area contributed by atoms with E-state index in [1.807, 2.05) is 20.8 Å². The molecule has 2 amide bonds. The van der Waals surface area contributed by atoms with E-state index in [4.69, 9.17) is 5.73 Å². The van der Waals surface area contributed by atoms with Gasteiger partial charge in [-0.15, -0.1) is 0 Å². The van der Waals surface area contributed by atoms with E-state index in [9.17, 15) is 9.59 Å². The van der Waals surface area contributed by atoms with E-state index in [0.29, 0.717) is 5.69 Å². The van der Waals surface area contributed by atoms with Crippen molar-refractivity contribution in [3.05, 3.63) is 29.8 Å². The maximum Gasteiger partial charge on any atom is 0.239 e. The molecule has 0 atom stereocenters. The molecular formula is C14H21N3O2. The Morgan fingerprint density at radius 2 is 1.68 bits per heavy atom. The number of hydrogen-bond donors (Lipinski definition) is 3. The van der Waals surface area contributed by atoms with Crippen LogP contribution < -0.4 is 16.4 Å². The van der Waals surface area contributed by atoms with Crippen LogP contribution in [0.5, 0.6) is 0 Å². The van der Waals surface area contributed by atoms with Gasteiger partial charge in [-0.1, -0.05) is 12.1 Å². The van der Waals surface area contributed by atoms with Crippen molar-refractivity contribution in [3.8, 4) is 0 Å². The van der Waals surface area contributed by atoms with Crippen molar-refractivity contribution >= 4 is 17.5 Å². The lowest BCUT2D eigenvalue weighted by molar-refractivity contribution is -0.126. The summed E-state index contributed by atoms with van der Waals surface area (Å²) in [5.41, 5.74) is 6.79. The number of anilines is 1. The Labute approximate surface area is 113 Å². The number of rotatable bonds is 4. The van der Waals surface area contributed by atoms with Crippen molar-refractivity contribution in [1.29, 1.82) is 0 Å². The molecule has 4 N–H and O–H groups in total. The maximum atomic E-state index is 11.6. The first-order chi connectivity index (χ1) is 8.76. The molecule has 0 aromatic heterocycles. The number of carbonyl (C=O) groups is 2. The standard InChI is InChI=1S/C14H21N3O2/c1-14(2,3)17-13(19)9-16-12(18)8-10-4-6-11(15)7-5-10/h4-7H,8-9,15H2,1-3H3,(H,16,18)(H,17,19). The summed E-state index contributed by atoms with van der Waals surface area (Å²) >= 11 is 0. The summed E-state index contributed by atoms with van der Waals surface area (Å²) in [5.74, 6) is -0.382. The molecule has 1 aromatic rings. The van der Waals surface area contributed by atoms with Gasteiger partial charge in [0, 0.05) is 11.2 Å². The minimum absolute atomic E-state index is 0.00885. The van der Waals surface area contributed by atoms with Gasteiger partial charge in [0.15, 0.2) is 0 Å². The first kappa shape index (κ1) is 15.0. The molecule has 0 bridgehead atoms. The van der Waals surface area contributed by atoms with Crippen LogP contribution >= 0.6 is 0 Å². The predicted molar refractivity (Wildman–Crippen MR) is 75.5 cm³/mol. The zero-order valence-corrected chi connectivity index (χ0v) is 11.6. The molecule has 0 aliphatic heterocycles. The zero-order valence-electron chi connectivity index (χ0n) is 11.6. The van der Waals surface area contributed by atoms with Gasteiger partial charge in [0.25, 0.3) is 0 Å².